The second-order valence-electron chi connectivity index (χ2n) is 7.00. The molecule has 0 saturated carbocycles. The van der Waals surface area contributed by atoms with E-state index in [-0.39, 0.29) is 18.1 Å². The van der Waals surface area contributed by atoms with Crippen LogP contribution in [0.5, 0.6) is 0 Å². The molecule has 24 heavy (non-hydrogen) atoms. The Morgan fingerprint density at radius 2 is 1.92 bits per heavy atom. The lowest BCUT2D eigenvalue weighted by atomic mass is 10.1. The van der Waals surface area contributed by atoms with E-state index in [0.29, 0.717) is 0 Å². The maximum atomic E-state index is 12.9. The number of anilines is 1. The molecule has 1 saturated heterocycles. The first-order valence-electron chi connectivity index (χ1n) is 8.58. The molecule has 0 radical (unpaired) electrons. The van der Waals surface area contributed by atoms with E-state index >= 15 is 0 Å². The Kier molecular flexibility index (Phi) is 3.55. The lowest BCUT2D eigenvalue weighted by Gasteiger charge is -2.28. The number of amides is 2. The predicted octanol–water partition coefficient (Wildman–Crippen LogP) is 2.82. The number of hydrogen-bond acceptors (Lipinski definition) is 3. The fourth-order valence-corrected chi connectivity index (χ4v) is 3.91. The number of carbonyl (C=O) groups is 1. The molecule has 1 aromatic carbocycles. The Morgan fingerprint density at radius 3 is 2.71 bits per heavy atom. The van der Waals surface area contributed by atoms with Gasteiger partial charge >= 0.3 is 6.03 Å². The second kappa shape index (κ2) is 5.61. The van der Waals surface area contributed by atoms with Gasteiger partial charge in [-0.15, -0.1) is 10.2 Å². The van der Waals surface area contributed by atoms with Crippen LogP contribution in [0, 0.1) is 20.8 Å². The Labute approximate surface area is 141 Å². The molecule has 1 aromatic heterocycles. The van der Waals surface area contributed by atoms with Gasteiger partial charge < -0.3 is 14.8 Å². The number of fused-ring (bicyclic) bond motifs is 3. The summed E-state index contributed by atoms with van der Waals surface area (Å²) in [6.07, 6.45) is 2.87. The predicted molar refractivity (Wildman–Crippen MR) is 92.0 cm³/mol. The molecule has 4 rings (SSSR count). The molecule has 2 amide bonds. The highest BCUT2D eigenvalue weighted by Crippen LogP contribution is 2.32. The number of rotatable bonds is 1. The van der Waals surface area contributed by atoms with Crippen LogP contribution in [-0.2, 0) is 13.0 Å². The maximum absolute atomic E-state index is 12.9. The number of nitrogens with one attached hydrogen (secondary N) is 1. The summed E-state index contributed by atoms with van der Waals surface area (Å²) in [4.78, 5) is 14.9. The third-order valence-electron chi connectivity index (χ3n) is 5.44. The van der Waals surface area contributed by atoms with E-state index in [1.54, 1.807) is 0 Å². The summed E-state index contributed by atoms with van der Waals surface area (Å²) in [5.74, 6) is 1.94. The molecule has 3 heterocycles. The van der Waals surface area contributed by atoms with Gasteiger partial charge in [0.05, 0.1) is 6.04 Å². The summed E-state index contributed by atoms with van der Waals surface area (Å²) in [5.41, 5.74) is 3.28. The highest BCUT2D eigenvalue weighted by Gasteiger charge is 2.40. The molecule has 0 aliphatic carbocycles. The van der Waals surface area contributed by atoms with Gasteiger partial charge in [-0.1, -0.05) is 6.07 Å². The summed E-state index contributed by atoms with van der Waals surface area (Å²) < 4.78 is 2.17. The number of benzene rings is 1. The van der Waals surface area contributed by atoms with E-state index < -0.39 is 0 Å². The number of carbonyl (C=O) groups excluding carboxylic acids is 1. The normalized spacial score (nSPS) is 22.2. The van der Waals surface area contributed by atoms with Crippen LogP contribution in [0.25, 0.3) is 0 Å². The molecule has 2 aromatic rings. The molecular weight excluding hydrogens is 302 g/mol. The number of aromatic nitrogens is 3. The molecule has 2 aliphatic rings. The zero-order chi connectivity index (χ0) is 16.8. The van der Waals surface area contributed by atoms with Gasteiger partial charge in [-0.2, -0.15) is 0 Å². The summed E-state index contributed by atoms with van der Waals surface area (Å²) in [7, 11) is 0. The van der Waals surface area contributed by atoms with Crippen LogP contribution in [-0.4, -0.2) is 37.8 Å². The third-order valence-corrected chi connectivity index (χ3v) is 5.44. The van der Waals surface area contributed by atoms with Crippen molar-refractivity contribution in [2.24, 2.45) is 0 Å². The molecular formula is C18H23N5O. The van der Waals surface area contributed by atoms with E-state index in [1.807, 2.05) is 30.0 Å². The van der Waals surface area contributed by atoms with Gasteiger partial charge in [0.1, 0.15) is 11.6 Å². The molecule has 1 fully saturated rings. The van der Waals surface area contributed by atoms with Crippen LogP contribution in [0.2, 0.25) is 0 Å². The zero-order valence-corrected chi connectivity index (χ0v) is 14.4. The standard InChI is InChI=1S/C18H23N5O/c1-11-4-5-14(8-12(11)2)19-18(24)23-15-6-7-16(23)10-22-13(3)20-21-17(22)9-15/h4-5,8,15-16H,6-7,9-10H2,1-3H3,(H,19,24)/t15-,16+/m0/s1. The minimum atomic E-state index is 0.00196. The van der Waals surface area contributed by atoms with Crippen molar-refractivity contribution in [3.8, 4) is 0 Å². The summed E-state index contributed by atoms with van der Waals surface area (Å²) in [6, 6.07) is 6.49. The lowest BCUT2D eigenvalue weighted by molar-refractivity contribution is 0.184. The average molecular weight is 325 g/mol. The Balaban J connectivity index is 1.56. The van der Waals surface area contributed by atoms with Gasteiger partial charge in [0.2, 0.25) is 0 Å². The first-order chi connectivity index (χ1) is 11.5. The molecule has 2 bridgehead atoms. The van der Waals surface area contributed by atoms with Gasteiger partial charge in [0.15, 0.2) is 0 Å². The minimum absolute atomic E-state index is 0.00196. The third kappa shape index (κ3) is 2.46. The molecule has 0 spiro atoms. The van der Waals surface area contributed by atoms with E-state index in [0.717, 1.165) is 43.1 Å². The quantitative estimate of drug-likeness (QED) is 0.877. The maximum Gasteiger partial charge on any atom is 0.322 e. The van der Waals surface area contributed by atoms with E-state index in [1.165, 1.54) is 11.1 Å². The van der Waals surface area contributed by atoms with Crippen LogP contribution in [0.4, 0.5) is 10.5 Å². The smallest absolute Gasteiger partial charge is 0.316 e. The molecule has 2 atom stereocenters. The molecule has 6 nitrogen and oxygen atoms in total. The van der Waals surface area contributed by atoms with Crippen LogP contribution >= 0.6 is 0 Å². The van der Waals surface area contributed by atoms with Crippen molar-refractivity contribution in [1.82, 2.24) is 19.7 Å². The summed E-state index contributed by atoms with van der Waals surface area (Å²) in [6.45, 7) is 6.92. The topological polar surface area (TPSA) is 63.1 Å². The number of aryl methyl sites for hydroxylation is 3. The van der Waals surface area contributed by atoms with Crippen LogP contribution in [0.1, 0.15) is 35.6 Å². The Hall–Kier alpha value is -2.37. The van der Waals surface area contributed by atoms with Crippen molar-refractivity contribution in [3.63, 3.8) is 0 Å². The first-order valence-corrected chi connectivity index (χ1v) is 8.58. The van der Waals surface area contributed by atoms with Gasteiger partial charge in [-0.05, 0) is 56.9 Å². The van der Waals surface area contributed by atoms with Crippen molar-refractivity contribution in [2.75, 3.05) is 5.32 Å². The van der Waals surface area contributed by atoms with E-state index in [9.17, 15) is 4.79 Å². The monoisotopic (exact) mass is 325 g/mol. The van der Waals surface area contributed by atoms with Crippen molar-refractivity contribution in [2.45, 2.75) is 58.7 Å². The fourth-order valence-electron chi connectivity index (χ4n) is 3.91. The van der Waals surface area contributed by atoms with Crippen LogP contribution < -0.4 is 5.32 Å². The first kappa shape index (κ1) is 15.2. The average Bonchev–Trinajstić information content (AvgIpc) is 3.02. The van der Waals surface area contributed by atoms with Gasteiger partial charge in [-0.3, -0.25) is 0 Å². The summed E-state index contributed by atoms with van der Waals surface area (Å²) >= 11 is 0. The van der Waals surface area contributed by atoms with Crippen molar-refractivity contribution in [1.29, 1.82) is 0 Å². The van der Waals surface area contributed by atoms with Crippen molar-refractivity contribution < 1.29 is 4.79 Å². The Bertz CT molecular complexity index is 797. The van der Waals surface area contributed by atoms with Gasteiger partial charge in [0.25, 0.3) is 0 Å². The highest BCUT2D eigenvalue weighted by atomic mass is 16.2. The van der Waals surface area contributed by atoms with E-state index in [4.69, 9.17) is 0 Å². The second-order valence-corrected chi connectivity index (χ2v) is 7.00. The number of nitrogens with zero attached hydrogens (tertiary/aromatic N) is 4. The van der Waals surface area contributed by atoms with Crippen molar-refractivity contribution >= 4 is 11.7 Å². The number of urea groups is 1. The lowest BCUT2D eigenvalue weighted by Crippen LogP contribution is -2.44. The Morgan fingerprint density at radius 1 is 1.12 bits per heavy atom. The molecule has 2 aliphatic heterocycles. The minimum Gasteiger partial charge on any atom is -0.316 e. The molecule has 126 valence electrons. The van der Waals surface area contributed by atoms with Crippen LogP contribution in [0.3, 0.4) is 0 Å². The zero-order valence-electron chi connectivity index (χ0n) is 14.4. The SMILES string of the molecule is Cc1ccc(NC(=O)N2[C@@H]3CC[C@H]2Cc2nnc(C)n2C3)cc1C. The fraction of sp³-hybridized carbons (Fsp3) is 0.500. The largest absolute Gasteiger partial charge is 0.322 e. The van der Waals surface area contributed by atoms with E-state index in [2.05, 4.69) is 33.9 Å². The number of hydrogen-bond donors (Lipinski definition) is 1. The van der Waals surface area contributed by atoms with Crippen molar-refractivity contribution in [3.05, 3.63) is 41.0 Å². The summed E-state index contributed by atoms with van der Waals surface area (Å²) in [5, 5.41) is 11.6. The van der Waals surface area contributed by atoms with Crippen LogP contribution in [0.15, 0.2) is 18.2 Å². The molecule has 1 N–H and O–H groups in total. The molecule has 0 unspecified atom stereocenters. The van der Waals surface area contributed by atoms with Gasteiger partial charge in [-0.25, -0.2) is 4.79 Å². The highest BCUT2D eigenvalue weighted by molar-refractivity contribution is 5.90. The van der Waals surface area contributed by atoms with Gasteiger partial charge in [0, 0.05) is 24.7 Å². The molecule has 6 heteroatoms.